The molecule has 1 aliphatic heterocycles. The Hall–Kier alpha value is -2.10. The minimum Gasteiger partial charge on any atom is -0.333 e. The zero-order chi connectivity index (χ0) is 17.2. The highest BCUT2D eigenvalue weighted by atomic mass is 16.2. The van der Waals surface area contributed by atoms with Crippen LogP contribution in [0, 0.1) is 0 Å². The third-order valence-electron chi connectivity index (χ3n) is 5.61. The minimum atomic E-state index is 0.160. The zero-order valence-corrected chi connectivity index (χ0v) is 14.7. The quantitative estimate of drug-likeness (QED) is 0.767. The lowest BCUT2D eigenvalue weighted by atomic mass is 10.1. The molecule has 4 rings (SSSR count). The second kappa shape index (κ2) is 7.03. The van der Waals surface area contributed by atoms with Gasteiger partial charge in [-0.3, -0.25) is 9.59 Å². The van der Waals surface area contributed by atoms with Crippen LogP contribution in [0.4, 0.5) is 5.69 Å². The van der Waals surface area contributed by atoms with Gasteiger partial charge in [0.2, 0.25) is 11.8 Å². The maximum atomic E-state index is 12.7. The van der Waals surface area contributed by atoms with E-state index in [4.69, 9.17) is 0 Å². The standard InChI is InChI=1S/C21H26N2O2/c24-20-6-3-15-22(20)17-10-7-16(8-11-17)9-14-21(25)23(19-12-13-19)18-4-1-2-5-18/h7-11,14,18-19H,1-6,12-13,15H2/b14-9+. The normalized spacial score (nSPS) is 21.4. The number of carbonyl (C=O) groups excluding carboxylic acids is 2. The minimum absolute atomic E-state index is 0.160. The second-order valence-corrected chi connectivity index (χ2v) is 7.49. The largest absolute Gasteiger partial charge is 0.333 e. The molecule has 0 unspecified atom stereocenters. The van der Waals surface area contributed by atoms with Crippen molar-refractivity contribution in [3.05, 3.63) is 35.9 Å². The Labute approximate surface area is 149 Å². The van der Waals surface area contributed by atoms with Crippen molar-refractivity contribution in [1.29, 1.82) is 0 Å². The van der Waals surface area contributed by atoms with Crippen molar-refractivity contribution >= 4 is 23.6 Å². The maximum absolute atomic E-state index is 12.7. The molecule has 132 valence electrons. The van der Waals surface area contributed by atoms with Gasteiger partial charge in [0, 0.05) is 36.8 Å². The molecule has 2 aliphatic carbocycles. The summed E-state index contributed by atoms with van der Waals surface area (Å²) in [6.45, 7) is 0.810. The summed E-state index contributed by atoms with van der Waals surface area (Å²) in [5.74, 6) is 0.364. The maximum Gasteiger partial charge on any atom is 0.247 e. The van der Waals surface area contributed by atoms with Crippen molar-refractivity contribution < 1.29 is 9.59 Å². The van der Waals surface area contributed by atoms with Crippen molar-refractivity contribution in [2.45, 2.75) is 63.5 Å². The van der Waals surface area contributed by atoms with Crippen molar-refractivity contribution in [1.82, 2.24) is 4.90 Å². The van der Waals surface area contributed by atoms with Crippen molar-refractivity contribution in [2.75, 3.05) is 11.4 Å². The molecule has 1 heterocycles. The van der Waals surface area contributed by atoms with Gasteiger partial charge in [-0.15, -0.1) is 0 Å². The van der Waals surface area contributed by atoms with Crippen molar-refractivity contribution in [2.24, 2.45) is 0 Å². The number of amides is 2. The molecule has 2 saturated carbocycles. The fraction of sp³-hybridized carbons (Fsp3) is 0.524. The van der Waals surface area contributed by atoms with Crippen LogP contribution in [-0.4, -0.2) is 35.3 Å². The number of nitrogens with zero attached hydrogens (tertiary/aromatic N) is 2. The van der Waals surface area contributed by atoms with Gasteiger partial charge in [0.15, 0.2) is 0 Å². The van der Waals surface area contributed by atoms with Crippen LogP contribution in [0.2, 0.25) is 0 Å². The Kier molecular flexibility index (Phi) is 4.60. The Morgan fingerprint density at radius 1 is 1.00 bits per heavy atom. The molecule has 0 bridgehead atoms. The van der Waals surface area contributed by atoms with Gasteiger partial charge in [0.1, 0.15) is 0 Å². The van der Waals surface area contributed by atoms with Crippen LogP contribution in [0.3, 0.4) is 0 Å². The van der Waals surface area contributed by atoms with Crippen LogP contribution in [0.25, 0.3) is 6.08 Å². The molecule has 0 aromatic heterocycles. The first-order valence-electron chi connectivity index (χ1n) is 9.63. The predicted molar refractivity (Wildman–Crippen MR) is 99.2 cm³/mol. The van der Waals surface area contributed by atoms with E-state index in [0.29, 0.717) is 18.5 Å². The van der Waals surface area contributed by atoms with Gasteiger partial charge in [0.25, 0.3) is 0 Å². The summed E-state index contributed by atoms with van der Waals surface area (Å²) in [5.41, 5.74) is 1.96. The van der Waals surface area contributed by atoms with Crippen LogP contribution >= 0.6 is 0 Å². The molecule has 4 heteroatoms. The van der Waals surface area contributed by atoms with E-state index in [-0.39, 0.29) is 11.8 Å². The number of rotatable bonds is 5. The fourth-order valence-corrected chi connectivity index (χ4v) is 4.13. The first-order chi connectivity index (χ1) is 12.2. The molecule has 0 atom stereocenters. The second-order valence-electron chi connectivity index (χ2n) is 7.49. The summed E-state index contributed by atoms with van der Waals surface area (Å²) in [6, 6.07) is 8.85. The van der Waals surface area contributed by atoms with E-state index in [9.17, 15) is 9.59 Å². The molecule has 1 saturated heterocycles. The summed E-state index contributed by atoms with van der Waals surface area (Å²) in [4.78, 5) is 28.5. The number of hydrogen-bond acceptors (Lipinski definition) is 2. The number of benzene rings is 1. The van der Waals surface area contributed by atoms with Gasteiger partial charge >= 0.3 is 0 Å². The molecule has 1 aromatic rings. The average molecular weight is 338 g/mol. The SMILES string of the molecule is O=C1CCCN1c1ccc(/C=C/C(=O)N(C2CCCC2)C2CC2)cc1. The topological polar surface area (TPSA) is 40.6 Å². The van der Waals surface area contributed by atoms with E-state index in [0.717, 1.165) is 49.9 Å². The van der Waals surface area contributed by atoms with E-state index >= 15 is 0 Å². The first kappa shape index (κ1) is 16.4. The lowest BCUT2D eigenvalue weighted by Gasteiger charge is -2.28. The predicted octanol–water partition coefficient (Wildman–Crippen LogP) is 3.76. The third kappa shape index (κ3) is 3.63. The number of hydrogen-bond donors (Lipinski definition) is 0. The van der Waals surface area contributed by atoms with E-state index in [1.807, 2.05) is 35.2 Å². The van der Waals surface area contributed by atoms with Crippen LogP contribution in [-0.2, 0) is 9.59 Å². The Morgan fingerprint density at radius 3 is 2.28 bits per heavy atom. The summed E-state index contributed by atoms with van der Waals surface area (Å²) in [5, 5.41) is 0. The van der Waals surface area contributed by atoms with E-state index < -0.39 is 0 Å². The monoisotopic (exact) mass is 338 g/mol. The lowest BCUT2D eigenvalue weighted by Crippen LogP contribution is -2.39. The summed E-state index contributed by atoms with van der Waals surface area (Å²) < 4.78 is 0. The molecular weight excluding hydrogens is 312 g/mol. The van der Waals surface area contributed by atoms with Gasteiger partial charge < -0.3 is 9.80 Å². The molecule has 0 N–H and O–H groups in total. The Balaban J connectivity index is 1.42. The van der Waals surface area contributed by atoms with Crippen molar-refractivity contribution in [3.63, 3.8) is 0 Å². The molecule has 0 spiro atoms. The zero-order valence-electron chi connectivity index (χ0n) is 14.7. The molecule has 0 radical (unpaired) electrons. The van der Waals surface area contributed by atoms with Gasteiger partial charge in [-0.25, -0.2) is 0 Å². The first-order valence-corrected chi connectivity index (χ1v) is 9.63. The lowest BCUT2D eigenvalue weighted by molar-refractivity contribution is -0.128. The van der Waals surface area contributed by atoms with Gasteiger partial charge in [0.05, 0.1) is 0 Å². The van der Waals surface area contributed by atoms with Crippen LogP contribution in [0.1, 0.15) is 56.9 Å². The van der Waals surface area contributed by atoms with E-state index in [1.165, 1.54) is 12.8 Å². The molecule has 4 nitrogen and oxygen atoms in total. The molecule has 3 aliphatic rings. The summed E-state index contributed by atoms with van der Waals surface area (Å²) in [7, 11) is 0. The highest BCUT2D eigenvalue weighted by molar-refractivity contribution is 5.95. The Morgan fingerprint density at radius 2 is 1.68 bits per heavy atom. The van der Waals surface area contributed by atoms with E-state index in [1.54, 1.807) is 6.08 Å². The number of anilines is 1. The van der Waals surface area contributed by atoms with E-state index in [2.05, 4.69) is 4.90 Å². The number of carbonyl (C=O) groups is 2. The smallest absolute Gasteiger partial charge is 0.247 e. The third-order valence-corrected chi connectivity index (χ3v) is 5.61. The highest BCUT2D eigenvalue weighted by Crippen LogP contribution is 2.34. The van der Waals surface area contributed by atoms with Crippen molar-refractivity contribution in [3.8, 4) is 0 Å². The molecular formula is C21H26N2O2. The van der Waals surface area contributed by atoms with Gasteiger partial charge in [-0.1, -0.05) is 25.0 Å². The summed E-state index contributed by atoms with van der Waals surface area (Å²) in [6.07, 6.45) is 12.4. The molecule has 3 fully saturated rings. The van der Waals surface area contributed by atoms with Crippen LogP contribution in [0.5, 0.6) is 0 Å². The molecule has 1 aromatic carbocycles. The Bertz CT molecular complexity index is 670. The van der Waals surface area contributed by atoms with Crippen LogP contribution < -0.4 is 4.90 Å². The fourth-order valence-electron chi connectivity index (χ4n) is 4.13. The average Bonchev–Trinajstić information content (AvgIpc) is 3.12. The van der Waals surface area contributed by atoms with Gasteiger partial charge in [-0.05, 0) is 55.9 Å². The van der Waals surface area contributed by atoms with Gasteiger partial charge in [-0.2, -0.15) is 0 Å². The molecule has 25 heavy (non-hydrogen) atoms. The van der Waals surface area contributed by atoms with Crippen LogP contribution in [0.15, 0.2) is 30.3 Å². The highest BCUT2D eigenvalue weighted by Gasteiger charge is 2.37. The molecule has 2 amide bonds. The summed E-state index contributed by atoms with van der Waals surface area (Å²) >= 11 is 0.